The smallest absolute Gasteiger partial charge is 0.256 e. The maximum Gasteiger partial charge on any atom is 0.256 e. The van der Waals surface area contributed by atoms with E-state index in [1.165, 1.54) is 19.3 Å². The van der Waals surface area contributed by atoms with Gasteiger partial charge < -0.3 is 5.32 Å². The van der Waals surface area contributed by atoms with Crippen LogP contribution >= 0.6 is 11.3 Å². The van der Waals surface area contributed by atoms with Crippen molar-refractivity contribution in [2.24, 2.45) is 0 Å². The molecule has 1 amide bonds. The number of carbonyl (C=O) groups is 2. The predicted octanol–water partition coefficient (Wildman–Crippen LogP) is 2.78. The van der Waals surface area contributed by atoms with E-state index >= 15 is 0 Å². The molecule has 1 N–H and O–H groups in total. The fourth-order valence-corrected chi connectivity index (χ4v) is 2.80. The number of ketones is 1. The summed E-state index contributed by atoms with van der Waals surface area (Å²) >= 11 is 1.12. The van der Waals surface area contributed by atoms with E-state index in [1.54, 1.807) is 19.1 Å². The Balaban J connectivity index is 2.35. The summed E-state index contributed by atoms with van der Waals surface area (Å²) in [4.78, 5) is 27.9. The van der Waals surface area contributed by atoms with Crippen LogP contribution in [0.3, 0.4) is 0 Å². The van der Waals surface area contributed by atoms with Crippen LogP contribution in [-0.2, 0) is 0 Å². The van der Waals surface area contributed by atoms with Crippen molar-refractivity contribution in [3.05, 3.63) is 46.1 Å². The number of anilines is 1. The monoisotopic (exact) mass is 285 g/mol. The Hall–Kier alpha value is -2.52. The lowest BCUT2D eigenvalue weighted by Gasteiger charge is -2.02. The first-order valence-electron chi connectivity index (χ1n) is 5.80. The summed E-state index contributed by atoms with van der Waals surface area (Å²) in [7, 11) is 0. The Morgan fingerprint density at radius 1 is 1.35 bits per heavy atom. The number of pyridine rings is 1. The van der Waals surface area contributed by atoms with Gasteiger partial charge in [-0.05, 0) is 31.5 Å². The third kappa shape index (κ3) is 2.58. The molecule has 0 radical (unpaired) electrons. The van der Waals surface area contributed by atoms with E-state index in [-0.39, 0.29) is 11.7 Å². The topological polar surface area (TPSA) is 82.8 Å². The van der Waals surface area contributed by atoms with E-state index in [2.05, 4.69) is 10.3 Å². The minimum absolute atomic E-state index is 0.117. The van der Waals surface area contributed by atoms with Crippen molar-refractivity contribution >= 4 is 28.0 Å². The van der Waals surface area contributed by atoms with Crippen LogP contribution in [0.4, 0.5) is 5.00 Å². The highest BCUT2D eigenvalue weighted by molar-refractivity contribution is 7.18. The van der Waals surface area contributed by atoms with Crippen molar-refractivity contribution in [1.82, 2.24) is 4.98 Å². The molecule has 0 aliphatic rings. The van der Waals surface area contributed by atoms with Gasteiger partial charge in [-0.25, -0.2) is 0 Å². The van der Waals surface area contributed by atoms with Crippen LogP contribution in [0.2, 0.25) is 0 Å². The number of nitrogens with one attached hydrogen (secondary N) is 1. The number of aromatic nitrogens is 1. The Morgan fingerprint density at radius 3 is 2.55 bits per heavy atom. The van der Waals surface area contributed by atoms with E-state index in [0.717, 1.165) is 11.3 Å². The first-order chi connectivity index (χ1) is 9.54. The highest BCUT2D eigenvalue weighted by Gasteiger charge is 2.19. The molecule has 6 heteroatoms. The van der Waals surface area contributed by atoms with Gasteiger partial charge in [0, 0.05) is 18.0 Å². The highest BCUT2D eigenvalue weighted by atomic mass is 32.1. The lowest BCUT2D eigenvalue weighted by molar-refractivity contribution is 0.101. The van der Waals surface area contributed by atoms with Crippen LogP contribution in [0.15, 0.2) is 24.5 Å². The number of hydrogen-bond donors (Lipinski definition) is 1. The molecule has 2 heterocycles. The molecule has 0 bridgehead atoms. The fraction of sp³-hybridized carbons (Fsp3) is 0.143. The normalized spacial score (nSPS) is 9.85. The van der Waals surface area contributed by atoms with Crippen molar-refractivity contribution in [2.75, 3.05) is 5.32 Å². The maximum absolute atomic E-state index is 12.0. The van der Waals surface area contributed by atoms with Gasteiger partial charge in [-0.3, -0.25) is 14.6 Å². The molecule has 0 fully saturated rings. The van der Waals surface area contributed by atoms with Gasteiger partial charge >= 0.3 is 0 Å². The number of hydrogen-bond acceptors (Lipinski definition) is 5. The predicted molar refractivity (Wildman–Crippen MR) is 76.0 cm³/mol. The van der Waals surface area contributed by atoms with Crippen LogP contribution < -0.4 is 5.32 Å². The number of carbonyl (C=O) groups excluding carboxylic acids is 2. The third-order valence-corrected chi connectivity index (χ3v) is 4.06. The van der Waals surface area contributed by atoms with Gasteiger partial charge in [-0.1, -0.05) is 0 Å². The largest absolute Gasteiger partial charge is 0.312 e. The molecule has 0 saturated heterocycles. The number of Topliss-reactive ketones (excluding diaryl/α,β-unsaturated/α-hetero) is 1. The summed E-state index contributed by atoms with van der Waals surface area (Å²) in [6, 6.07) is 5.18. The summed E-state index contributed by atoms with van der Waals surface area (Å²) < 4.78 is 0. The van der Waals surface area contributed by atoms with Gasteiger partial charge in [0.05, 0.1) is 10.4 Å². The third-order valence-electron chi connectivity index (χ3n) is 2.75. The number of nitrogens with zero attached hydrogens (tertiary/aromatic N) is 2. The quantitative estimate of drug-likeness (QED) is 0.879. The van der Waals surface area contributed by atoms with Crippen molar-refractivity contribution in [3.63, 3.8) is 0 Å². The van der Waals surface area contributed by atoms with E-state index in [0.29, 0.717) is 26.6 Å². The molecule has 5 nitrogen and oxygen atoms in total. The second-order valence-corrected chi connectivity index (χ2v) is 5.14. The lowest BCUT2D eigenvalue weighted by Crippen LogP contribution is -2.11. The van der Waals surface area contributed by atoms with Gasteiger partial charge in [0.1, 0.15) is 11.1 Å². The van der Waals surface area contributed by atoms with Crippen LogP contribution in [-0.4, -0.2) is 16.7 Å². The zero-order valence-corrected chi connectivity index (χ0v) is 11.7. The average molecular weight is 285 g/mol. The van der Waals surface area contributed by atoms with Crippen molar-refractivity contribution in [2.45, 2.75) is 13.8 Å². The van der Waals surface area contributed by atoms with Crippen molar-refractivity contribution in [1.29, 1.82) is 5.26 Å². The minimum Gasteiger partial charge on any atom is -0.312 e. The van der Waals surface area contributed by atoms with Crippen LogP contribution in [0.1, 0.15) is 38.1 Å². The second kappa shape index (κ2) is 5.63. The second-order valence-electron chi connectivity index (χ2n) is 4.12. The fourth-order valence-electron chi connectivity index (χ4n) is 1.75. The summed E-state index contributed by atoms with van der Waals surface area (Å²) in [5, 5.41) is 12.2. The Bertz CT molecular complexity index is 714. The van der Waals surface area contributed by atoms with Crippen molar-refractivity contribution < 1.29 is 9.59 Å². The first kappa shape index (κ1) is 13.9. The summed E-state index contributed by atoms with van der Waals surface area (Å²) in [5.41, 5.74) is 1.39. The van der Waals surface area contributed by atoms with Gasteiger partial charge in [0.25, 0.3) is 5.91 Å². The van der Waals surface area contributed by atoms with E-state index in [9.17, 15) is 9.59 Å². The first-order valence-corrected chi connectivity index (χ1v) is 6.62. The molecule has 100 valence electrons. The summed E-state index contributed by atoms with van der Waals surface area (Å²) in [5.74, 6) is -0.450. The molecule has 20 heavy (non-hydrogen) atoms. The highest BCUT2D eigenvalue weighted by Crippen LogP contribution is 2.33. The van der Waals surface area contributed by atoms with Crippen LogP contribution in [0.5, 0.6) is 0 Å². The van der Waals surface area contributed by atoms with Gasteiger partial charge in [-0.2, -0.15) is 5.26 Å². The number of nitriles is 1. The van der Waals surface area contributed by atoms with Gasteiger partial charge in [-0.15, -0.1) is 11.3 Å². The molecule has 0 atom stereocenters. The molecule has 2 rings (SSSR count). The standard InChI is InChI=1S/C14H11N3O2S/c1-8-11(7-15)14(20-12(8)9(2)18)17-13(19)10-3-5-16-6-4-10/h3-6H,1-2H3,(H,17,19). The van der Waals surface area contributed by atoms with E-state index in [4.69, 9.17) is 5.26 Å². The number of amides is 1. The van der Waals surface area contributed by atoms with Crippen LogP contribution in [0.25, 0.3) is 0 Å². The van der Waals surface area contributed by atoms with Crippen LogP contribution in [0, 0.1) is 18.3 Å². The number of thiophene rings is 1. The SMILES string of the molecule is CC(=O)c1sc(NC(=O)c2ccncc2)c(C#N)c1C. The Kier molecular flexibility index (Phi) is 3.91. The molecule has 2 aromatic heterocycles. The van der Waals surface area contributed by atoms with E-state index in [1.807, 2.05) is 6.07 Å². The molecule has 0 aromatic carbocycles. The molecule has 0 unspecified atom stereocenters. The summed E-state index contributed by atoms with van der Waals surface area (Å²) in [6.45, 7) is 3.14. The Labute approximate surface area is 119 Å². The zero-order valence-electron chi connectivity index (χ0n) is 10.9. The molecule has 2 aromatic rings. The lowest BCUT2D eigenvalue weighted by atomic mass is 10.1. The minimum atomic E-state index is -0.333. The average Bonchev–Trinajstić information content (AvgIpc) is 2.76. The molecular weight excluding hydrogens is 274 g/mol. The van der Waals surface area contributed by atoms with Gasteiger partial charge in [0.15, 0.2) is 5.78 Å². The zero-order chi connectivity index (χ0) is 14.7. The maximum atomic E-state index is 12.0. The molecule has 0 aliphatic heterocycles. The van der Waals surface area contributed by atoms with Crippen molar-refractivity contribution in [3.8, 4) is 6.07 Å². The molecular formula is C14H11N3O2S. The number of rotatable bonds is 3. The van der Waals surface area contributed by atoms with Gasteiger partial charge in [0.2, 0.25) is 0 Å². The molecule has 0 aliphatic carbocycles. The molecule has 0 saturated carbocycles. The Morgan fingerprint density at radius 2 is 2.00 bits per heavy atom. The summed E-state index contributed by atoms with van der Waals surface area (Å²) in [6.07, 6.45) is 3.03. The molecule has 0 spiro atoms. The van der Waals surface area contributed by atoms with E-state index < -0.39 is 0 Å².